The maximum atomic E-state index is 2.54. The quantitative estimate of drug-likeness (QED) is 0.482. The van der Waals surface area contributed by atoms with Gasteiger partial charge >= 0.3 is 0 Å². The van der Waals surface area contributed by atoms with E-state index < -0.39 is 8.07 Å². The van der Waals surface area contributed by atoms with Crippen LogP contribution < -0.4 is 0 Å². The van der Waals surface area contributed by atoms with Crippen LogP contribution in [0.25, 0.3) is 0 Å². The molecule has 0 amide bonds. The van der Waals surface area contributed by atoms with Gasteiger partial charge in [-0.1, -0.05) is 87.7 Å². The Morgan fingerprint density at radius 1 is 0.750 bits per heavy atom. The van der Waals surface area contributed by atoms with Crippen molar-refractivity contribution < 1.29 is 0 Å². The van der Waals surface area contributed by atoms with Crippen molar-refractivity contribution in [3.63, 3.8) is 0 Å². The summed E-state index contributed by atoms with van der Waals surface area (Å²) in [5.74, 6) is 3.61. The summed E-state index contributed by atoms with van der Waals surface area (Å²) in [7, 11) is -1.30. The molecule has 20 heavy (non-hydrogen) atoms. The van der Waals surface area contributed by atoms with Gasteiger partial charge in [0.25, 0.3) is 0 Å². The summed E-state index contributed by atoms with van der Waals surface area (Å²) < 4.78 is 0. The molecule has 1 aliphatic heterocycles. The second kappa shape index (κ2) is 5.78. The highest BCUT2D eigenvalue weighted by molar-refractivity contribution is 6.85. The van der Waals surface area contributed by atoms with E-state index in [2.05, 4.69) is 69.2 Å². The molecule has 1 rings (SSSR count). The van der Waals surface area contributed by atoms with Gasteiger partial charge in [-0.25, -0.2) is 0 Å². The molecule has 120 valence electrons. The normalized spacial score (nSPS) is 28.2. The summed E-state index contributed by atoms with van der Waals surface area (Å²) in [6, 6.07) is 3.10. The molecule has 0 unspecified atom stereocenters. The Morgan fingerprint density at radius 2 is 1.15 bits per heavy atom. The lowest BCUT2D eigenvalue weighted by molar-refractivity contribution is 0.189. The lowest BCUT2D eigenvalue weighted by Crippen LogP contribution is -2.56. The minimum Gasteiger partial charge on any atom is -0.0625 e. The minimum absolute atomic E-state index is 0.528. The van der Waals surface area contributed by atoms with Crippen molar-refractivity contribution in [1.82, 2.24) is 0 Å². The summed E-state index contributed by atoms with van der Waals surface area (Å²) in [5.41, 5.74) is 0. The van der Waals surface area contributed by atoms with E-state index in [9.17, 15) is 0 Å². The molecule has 0 spiro atoms. The zero-order valence-electron chi connectivity index (χ0n) is 15.9. The van der Waals surface area contributed by atoms with Crippen molar-refractivity contribution in [3.8, 4) is 0 Å². The monoisotopic (exact) mass is 296 g/mol. The van der Waals surface area contributed by atoms with Gasteiger partial charge < -0.3 is 0 Å². The first kappa shape index (κ1) is 18.3. The van der Waals surface area contributed by atoms with Gasteiger partial charge in [0, 0.05) is 0 Å². The maximum absolute atomic E-state index is 2.54. The van der Waals surface area contributed by atoms with Crippen molar-refractivity contribution in [3.05, 3.63) is 0 Å². The Labute approximate surface area is 130 Å². The molecule has 1 aliphatic rings. The molecule has 1 fully saturated rings. The van der Waals surface area contributed by atoms with Crippen LogP contribution in [-0.4, -0.2) is 8.07 Å². The van der Waals surface area contributed by atoms with Crippen LogP contribution in [0, 0.1) is 23.7 Å². The molecule has 1 saturated heterocycles. The van der Waals surface area contributed by atoms with Crippen LogP contribution in [-0.2, 0) is 0 Å². The van der Waals surface area contributed by atoms with E-state index in [1.54, 1.807) is 12.1 Å². The standard InChI is InChI=1S/C19H40Si/c1-14(2)16-11-12-20(18(5,6)7,19(8,9)10)13-17(16)15(3)4/h14-17H,11-13H2,1-10H3/t16-,17+/m0/s1. The third kappa shape index (κ3) is 3.18. The largest absolute Gasteiger partial charge is 0.0646 e. The van der Waals surface area contributed by atoms with Crippen molar-refractivity contribution in [2.24, 2.45) is 23.7 Å². The van der Waals surface area contributed by atoms with Gasteiger partial charge in [0.05, 0.1) is 8.07 Å². The summed E-state index contributed by atoms with van der Waals surface area (Å²) in [5, 5.41) is 1.06. The third-order valence-electron chi connectivity index (χ3n) is 6.62. The second-order valence-electron chi connectivity index (χ2n) is 10.1. The van der Waals surface area contributed by atoms with Gasteiger partial charge in [0.1, 0.15) is 0 Å². The molecule has 0 nitrogen and oxygen atoms in total. The molecule has 0 aromatic carbocycles. The van der Waals surface area contributed by atoms with E-state index >= 15 is 0 Å². The first-order valence-corrected chi connectivity index (χ1v) is 11.2. The van der Waals surface area contributed by atoms with Crippen LogP contribution in [0.5, 0.6) is 0 Å². The van der Waals surface area contributed by atoms with Crippen LogP contribution in [0.2, 0.25) is 22.2 Å². The average Bonchev–Trinajstić information content (AvgIpc) is 2.24. The molecular weight excluding hydrogens is 256 g/mol. The zero-order chi connectivity index (χ0) is 15.9. The van der Waals surface area contributed by atoms with E-state index in [0.29, 0.717) is 10.1 Å². The molecule has 0 N–H and O–H groups in total. The van der Waals surface area contributed by atoms with E-state index in [4.69, 9.17) is 0 Å². The number of hydrogen-bond acceptors (Lipinski definition) is 0. The highest BCUT2D eigenvalue weighted by Gasteiger charge is 2.56. The van der Waals surface area contributed by atoms with Crippen molar-refractivity contribution >= 4 is 8.07 Å². The Bertz CT molecular complexity index is 300. The molecule has 1 heterocycles. The predicted molar refractivity (Wildman–Crippen MR) is 96.1 cm³/mol. The molecule has 0 radical (unpaired) electrons. The van der Waals surface area contributed by atoms with Crippen LogP contribution >= 0.6 is 0 Å². The molecule has 0 aromatic heterocycles. The van der Waals surface area contributed by atoms with Gasteiger partial charge in [0.2, 0.25) is 0 Å². The van der Waals surface area contributed by atoms with Gasteiger partial charge in [0.15, 0.2) is 0 Å². The molecule has 0 saturated carbocycles. The molecular formula is C19H40Si. The van der Waals surface area contributed by atoms with Crippen molar-refractivity contribution in [1.29, 1.82) is 0 Å². The zero-order valence-corrected chi connectivity index (χ0v) is 16.9. The Hall–Kier alpha value is 0.217. The van der Waals surface area contributed by atoms with E-state index in [-0.39, 0.29) is 0 Å². The summed E-state index contributed by atoms with van der Waals surface area (Å²) in [6.45, 7) is 25.1. The van der Waals surface area contributed by atoms with E-state index in [1.165, 1.54) is 6.42 Å². The Balaban J connectivity index is 3.20. The van der Waals surface area contributed by atoms with Gasteiger partial charge in [-0.05, 0) is 33.7 Å². The van der Waals surface area contributed by atoms with Crippen LogP contribution in [0.1, 0.15) is 75.7 Å². The molecule has 2 atom stereocenters. The van der Waals surface area contributed by atoms with Gasteiger partial charge in [-0.2, -0.15) is 0 Å². The first-order chi connectivity index (χ1) is 8.83. The molecule has 1 heteroatoms. The van der Waals surface area contributed by atoms with E-state index in [1.807, 2.05) is 0 Å². The van der Waals surface area contributed by atoms with Crippen molar-refractivity contribution in [2.75, 3.05) is 0 Å². The second-order valence-corrected chi connectivity index (χ2v) is 16.2. The van der Waals surface area contributed by atoms with E-state index in [0.717, 1.165) is 23.7 Å². The molecule has 0 aliphatic carbocycles. The minimum atomic E-state index is -1.30. The maximum Gasteiger partial charge on any atom is 0.0646 e. The first-order valence-electron chi connectivity index (χ1n) is 8.83. The Morgan fingerprint density at radius 3 is 1.45 bits per heavy atom. The smallest absolute Gasteiger partial charge is 0.0625 e. The Kier molecular flexibility index (Phi) is 5.28. The highest BCUT2D eigenvalue weighted by atomic mass is 28.3. The summed E-state index contributed by atoms with van der Waals surface area (Å²) in [4.78, 5) is 0. The fourth-order valence-electron chi connectivity index (χ4n) is 5.33. The predicted octanol–water partition coefficient (Wildman–Crippen LogP) is 6.98. The van der Waals surface area contributed by atoms with Crippen LogP contribution in [0.4, 0.5) is 0 Å². The SMILES string of the molecule is CC(C)[C@H]1C[Si](C(C)(C)C)(C(C)(C)C)CC[C@H]1C(C)C. The summed E-state index contributed by atoms with van der Waals surface area (Å²) >= 11 is 0. The number of hydrogen-bond donors (Lipinski definition) is 0. The number of rotatable bonds is 2. The van der Waals surface area contributed by atoms with Crippen LogP contribution in [0.3, 0.4) is 0 Å². The van der Waals surface area contributed by atoms with Gasteiger partial charge in [-0.3, -0.25) is 0 Å². The fraction of sp³-hybridized carbons (Fsp3) is 1.00. The molecule has 0 aromatic rings. The lowest BCUT2D eigenvalue weighted by Gasteiger charge is -2.58. The molecule has 0 bridgehead atoms. The average molecular weight is 297 g/mol. The highest BCUT2D eigenvalue weighted by Crippen LogP contribution is 2.61. The topological polar surface area (TPSA) is 0 Å². The third-order valence-corrected chi connectivity index (χ3v) is 14.7. The lowest BCUT2D eigenvalue weighted by atomic mass is 9.76. The van der Waals surface area contributed by atoms with Crippen LogP contribution in [0.15, 0.2) is 0 Å². The summed E-state index contributed by atoms with van der Waals surface area (Å²) in [6.07, 6.45) is 1.49. The van der Waals surface area contributed by atoms with Gasteiger partial charge in [-0.15, -0.1) is 0 Å². The fourth-order valence-corrected chi connectivity index (χ4v) is 12.9. The van der Waals surface area contributed by atoms with Crippen molar-refractivity contribution in [2.45, 2.75) is 97.8 Å².